The largest absolute Gasteiger partial charge is 0.452 e. The van der Waals surface area contributed by atoms with Crippen LogP contribution in [0, 0.1) is 5.82 Å². The van der Waals surface area contributed by atoms with Crippen molar-refractivity contribution < 1.29 is 23.5 Å². The average molecular weight is 316 g/mol. The average Bonchev–Trinajstić information content (AvgIpc) is 2.95. The summed E-state index contributed by atoms with van der Waals surface area (Å²) in [4.78, 5) is 23.2. The smallest absolute Gasteiger partial charge is 0.340 e. The van der Waals surface area contributed by atoms with Crippen molar-refractivity contribution in [2.75, 3.05) is 19.8 Å². The fraction of sp³-hybridized carbons (Fsp3) is 0.429. The molecule has 1 heterocycles. The van der Waals surface area contributed by atoms with Gasteiger partial charge in [-0.25, -0.2) is 9.18 Å². The van der Waals surface area contributed by atoms with Crippen LogP contribution < -0.4 is 5.32 Å². The van der Waals surface area contributed by atoms with Crippen molar-refractivity contribution in [3.63, 3.8) is 0 Å². The zero-order valence-corrected chi connectivity index (χ0v) is 12.0. The molecule has 1 aliphatic rings. The molecule has 0 saturated carbocycles. The van der Waals surface area contributed by atoms with Gasteiger partial charge in [-0.2, -0.15) is 0 Å². The van der Waals surface area contributed by atoms with E-state index in [1.807, 2.05) is 0 Å². The van der Waals surface area contributed by atoms with E-state index in [1.165, 1.54) is 6.07 Å². The number of amides is 1. The first-order valence-electron chi connectivity index (χ1n) is 6.57. The molecular weight excluding hydrogens is 301 g/mol. The van der Waals surface area contributed by atoms with Crippen LogP contribution in [0.2, 0.25) is 5.02 Å². The summed E-state index contributed by atoms with van der Waals surface area (Å²) in [6.45, 7) is 0.686. The summed E-state index contributed by atoms with van der Waals surface area (Å²) in [6, 6.07) is 3.32. The second kappa shape index (κ2) is 7.38. The summed E-state index contributed by atoms with van der Waals surface area (Å²) in [5, 5.41) is 2.57. The van der Waals surface area contributed by atoms with Crippen LogP contribution in [-0.4, -0.2) is 37.7 Å². The van der Waals surface area contributed by atoms with Crippen LogP contribution >= 0.6 is 11.6 Å². The Bertz CT molecular complexity index is 532. The molecule has 5 nitrogen and oxygen atoms in total. The number of hydrogen-bond acceptors (Lipinski definition) is 4. The van der Waals surface area contributed by atoms with Crippen LogP contribution in [0.5, 0.6) is 0 Å². The van der Waals surface area contributed by atoms with Gasteiger partial charge in [-0.05, 0) is 31.0 Å². The molecule has 1 amide bonds. The predicted octanol–water partition coefficient (Wildman–Crippen LogP) is 1.93. The van der Waals surface area contributed by atoms with Crippen LogP contribution in [0.25, 0.3) is 0 Å². The molecule has 1 N–H and O–H groups in total. The number of benzene rings is 1. The van der Waals surface area contributed by atoms with E-state index >= 15 is 0 Å². The molecule has 0 spiro atoms. The van der Waals surface area contributed by atoms with Crippen molar-refractivity contribution in [3.05, 3.63) is 34.6 Å². The van der Waals surface area contributed by atoms with Crippen LogP contribution in [0.4, 0.5) is 4.39 Å². The Morgan fingerprint density at radius 3 is 2.95 bits per heavy atom. The van der Waals surface area contributed by atoms with E-state index in [9.17, 15) is 14.0 Å². The lowest BCUT2D eigenvalue weighted by molar-refractivity contribution is -0.124. The summed E-state index contributed by atoms with van der Waals surface area (Å²) >= 11 is 5.73. The predicted molar refractivity (Wildman–Crippen MR) is 73.7 cm³/mol. The molecule has 21 heavy (non-hydrogen) atoms. The Morgan fingerprint density at radius 1 is 1.48 bits per heavy atom. The monoisotopic (exact) mass is 315 g/mol. The third-order valence-corrected chi connectivity index (χ3v) is 3.35. The lowest BCUT2D eigenvalue weighted by Gasteiger charge is -2.11. The molecule has 1 fully saturated rings. The Balaban J connectivity index is 1.76. The SMILES string of the molecule is O=C(COC(=O)c1ccc(F)cc1Cl)NCC1CCCO1. The van der Waals surface area contributed by atoms with E-state index < -0.39 is 24.3 Å². The summed E-state index contributed by atoms with van der Waals surface area (Å²) in [6.07, 6.45) is 1.92. The number of nitrogens with one attached hydrogen (secondary N) is 1. The van der Waals surface area contributed by atoms with Crippen molar-refractivity contribution in [2.45, 2.75) is 18.9 Å². The highest BCUT2D eigenvalue weighted by molar-refractivity contribution is 6.33. The summed E-state index contributed by atoms with van der Waals surface area (Å²) in [7, 11) is 0. The minimum absolute atomic E-state index is 0.0185. The van der Waals surface area contributed by atoms with Crippen molar-refractivity contribution in [3.8, 4) is 0 Å². The van der Waals surface area contributed by atoms with Gasteiger partial charge in [0.2, 0.25) is 0 Å². The third kappa shape index (κ3) is 4.68. The topological polar surface area (TPSA) is 64.6 Å². The first-order valence-corrected chi connectivity index (χ1v) is 6.94. The second-order valence-corrected chi connectivity index (χ2v) is 5.05. The molecule has 1 aromatic carbocycles. The van der Waals surface area contributed by atoms with Gasteiger partial charge in [0, 0.05) is 13.2 Å². The summed E-state index contributed by atoms with van der Waals surface area (Å²) < 4.78 is 23.0. The first kappa shape index (κ1) is 15.7. The lowest BCUT2D eigenvalue weighted by Crippen LogP contribution is -2.34. The van der Waals surface area contributed by atoms with Crippen molar-refractivity contribution in [1.29, 1.82) is 0 Å². The minimum Gasteiger partial charge on any atom is -0.452 e. The van der Waals surface area contributed by atoms with E-state index in [2.05, 4.69) is 5.32 Å². The van der Waals surface area contributed by atoms with Crippen molar-refractivity contribution >= 4 is 23.5 Å². The van der Waals surface area contributed by atoms with Gasteiger partial charge in [-0.1, -0.05) is 11.6 Å². The zero-order valence-electron chi connectivity index (χ0n) is 11.2. The van der Waals surface area contributed by atoms with Crippen LogP contribution in [0.1, 0.15) is 23.2 Å². The zero-order chi connectivity index (χ0) is 15.2. The van der Waals surface area contributed by atoms with Crippen LogP contribution in [-0.2, 0) is 14.3 Å². The number of halogens is 2. The van der Waals surface area contributed by atoms with Crippen LogP contribution in [0.3, 0.4) is 0 Å². The summed E-state index contributed by atoms with van der Waals surface area (Å²) in [5.74, 6) is -1.74. The Kier molecular flexibility index (Phi) is 5.52. The number of carbonyl (C=O) groups excluding carboxylic acids is 2. The summed E-state index contributed by atoms with van der Waals surface area (Å²) in [5.41, 5.74) is 0.0185. The standard InChI is InChI=1S/C14H15ClFNO4/c15-12-6-9(16)3-4-11(12)14(19)21-8-13(18)17-7-10-2-1-5-20-10/h3-4,6,10H,1-2,5,7-8H2,(H,17,18). The maximum Gasteiger partial charge on any atom is 0.340 e. The molecule has 1 atom stereocenters. The first-order chi connectivity index (χ1) is 10.1. The van der Waals surface area contributed by atoms with Gasteiger partial charge in [0.25, 0.3) is 5.91 Å². The molecule has 114 valence electrons. The Hall–Kier alpha value is -1.66. The van der Waals surface area contributed by atoms with Crippen LogP contribution in [0.15, 0.2) is 18.2 Å². The van der Waals surface area contributed by atoms with Crippen molar-refractivity contribution in [1.82, 2.24) is 5.32 Å². The van der Waals surface area contributed by atoms with Gasteiger partial charge >= 0.3 is 5.97 Å². The highest BCUT2D eigenvalue weighted by atomic mass is 35.5. The maximum absolute atomic E-state index is 12.9. The highest BCUT2D eigenvalue weighted by Crippen LogP contribution is 2.18. The molecule has 0 bridgehead atoms. The molecule has 0 aliphatic carbocycles. The molecule has 0 radical (unpaired) electrons. The van der Waals surface area contributed by atoms with E-state index in [0.29, 0.717) is 13.2 Å². The maximum atomic E-state index is 12.9. The Labute approximate surface area is 126 Å². The van der Waals surface area contributed by atoms with E-state index in [1.54, 1.807) is 0 Å². The Morgan fingerprint density at radius 2 is 2.29 bits per heavy atom. The number of rotatable bonds is 5. The second-order valence-electron chi connectivity index (χ2n) is 4.64. The van der Waals surface area contributed by atoms with Gasteiger partial charge in [0.15, 0.2) is 6.61 Å². The number of carbonyl (C=O) groups is 2. The third-order valence-electron chi connectivity index (χ3n) is 3.04. The molecule has 1 aliphatic heterocycles. The molecule has 0 aromatic heterocycles. The molecule has 2 rings (SSSR count). The minimum atomic E-state index is -0.771. The van der Waals surface area contributed by atoms with Gasteiger partial charge < -0.3 is 14.8 Å². The fourth-order valence-electron chi connectivity index (χ4n) is 1.95. The van der Waals surface area contributed by atoms with Crippen molar-refractivity contribution in [2.24, 2.45) is 0 Å². The quantitative estimate of drug-likeness (QED) is 0.843. The molecule has 1 saturated heterocycles. The van der Waals surface area contributed by atoms with Gasteiger partial charge in [0.05, 0.1) is 16.7 Å². The molecule has 1 unspecified atom stereocenters. The van der Waals surface area contributed by atoms with E-state index in [-0.39, 0.29) is 16.7 Å². The number of esters is 1. The van der Waals surface area contributed by atoms with E-state index in [0.717, 1.165) is 25.0 Å². The highest BCUT2D eigenvalue weighted by Gasteiger charge is 2.17. The van der Waals surface area contributed by atoms with Gasteiger partial charge in [0.1, 0.15) is 5.82 Å². The normalized spacial score (nSPS) is 17.5. The molecule has 1 aromatic rings. The van der Waals surface area contributed by atoms with Gasteiger partial charge in [-0.15, -0.1) is 0 Å². The number of ether oxygens (including phenoxy) is 2. The van der Waals surface area contributed by atoms with Gasteiger partial charge in [-0.3, -0.25) is 4.79 Å². The molecular formula is C14H15ClFNO4. The fourth-order valence-corrected chi connectivity index (χ4v) is 2.19. The van der Waals surface area contributed by atoms with E-state index in [4.69, 9.17) is 21.1 Å². The number of hydrogen-bond donors (Lipinski definition) is 1. The lowest BCUT2D eigenvalue weighted by atomic mass is 10.2. The molecule has 7 heteroatoms.